The van der Waals surface area contributed by atoms with Crippen LogP contribution in [-0.4, -0.2) is 67.4 Å². The van der Waals surface area contributed by atoms with Crippen LogP contribution in [0.3, 0.4) is 0 Å². The second-order valence-electron chi connectivity index (χ2n) is 9.67. The maximum absolute atomic E-state index is 13.4. The van der Waals surface area contributed by atoms with E-state index in [-0.39, 0.29) is 37.1 Å². The van der Waals surface area contributed by atoms with Crippen LogP contribution in [-0.2, 0) is 14.4 Å². The Morgan fingerprint density at radius 2 is 1.05 bits per heavy atom. The smallest absolute Gasteiger partial charge is 0.238 e. The zero-order valence-corrected chi connectivity index (χ0v) is 22.0. The molecule has 0 bridgehead atoms. The first-order chi connectivity index (χ1) is 19.0. The second-order valence-corrected chi connectivity index (χ2v) is 9.67. The van der Waals surface area contributed by atoms with Gasteiger partial charge in [-0.15, -0.1) is 0 Å². The zero-order chi connectivity index (χ0) is 27.3. The fourth-order valence-corrected chi connectivity index (χ4v) is 4.79. The minimum Gasteiger partial charge on any atom is -0.326 e. The highest BCUT2D eigenvalue weighted by Crippen LogP contribution is 2.27. The Morgan fingerprint density at radius 3 is 1.54 bits per heavy atom. The first-order valence-corrected chi connectivity index (χ1v) is 13.2. The maximum Gasteiger partial charge on any atom is 0.238 e. The monoisotopic (exact) mass is 528 g/mol. The number of nitrogens with zero attached hydrogens (tertiary/aromatic N) is 1. The molecule has 0 saturated carbocycles. The Labute approximate surface area is 229 Å². The van der Waals surface area contributed by atoms with Gasteiger partial charge in [0.1, 0.15) is 0 Å². The summed E-state index contributed by atoms with van der Waals surface area (Å²) in [6.07, 6.45) is 0.0471. The second kappa shape index (κ2) is 14.2. The summed E-state index contributed by atoms with van der Waals surface area (Å²) >= 11 is 0. The molecule has 0 spiro atoms. The third-order valence-corrected chi connectivity index (χ3v) is 6.65. The van der Waals surface area contributed by atoms with Gasteiger partial charge >= 0.3 is 0 Å². The number of para-hydroxylation sites is 3. The average Bonchev–Trinajstić information content (AvgIpc) is 3.01. The molecule has 3 aromatic rings. The van der Waals surface area contributed by atoms with E-state index < -0.39 is 5.54 Å². The molecule has 0 aliphatic carbocycles. The standard InChI is InChI=1S/C30H36N6O3/c37-27(33-24-10-4-1-5-11-24)20-30(21-28(38)34-25-12-6-2-7-13-25)23-32-17-16-31-18-19-36(30)22-29(39)35-26-14-8-3-9-15-26/h1-15,31-32H,16-23H2,(H,33,37)(H,34,38)(H,35,39). The van der Waals surface area contributed by atoms with E-state index in [1.807, 2.05) is 95.9 Å². The normalized spacial score (nSPS) is 15.7. The van der Waals surface area contributed by atoms with Crippen LogP contribution in [0.2, 0.25) is 0 Å². The summed E-state index contributed by atoms with van der Waals surface area (Å²) in [5, 5.41) is 15.6. The van der Waals surface area contributed by atoms with Crippen LogP contribution in [0.25, 0.3) is 0 Å². The minimum atomic E-state index is -0.961. The molecule has 1 aliphatic heterocycles. The molecule has 3 aromatic carbocycles. The molecule has 9 nitrogen and oxygen atoms in total. The van der Waals surface area contributed by atoms with Crippen molar-refractivity contribution in [2.75, 3.05) is 55.2 Å². The lowest BCUT2D eigenvalue weighted by atomic mass is 9.87. The lowest BCUT2D eigenvalue weighted by Crippen LogP contribution is -2.60. The summed E-state index contributed by atoms with van der Waals surface area (Å²) in [5.74, 6) is -0.663. The molecule has 1 aliphatic rings. The van der Waals surface area contributed by atoms with E-state index in [2.05, 4.69) is 26.6 Å². The van der Waals surface area contributed by atoms with Gasteiger partial charge in [-0.3, -0.25) is 19.3 Å². The Balaban J connectivity index is 1.61. The molecule has 5 N–H and O–H groups in total. The Kier molecular flexibility index (Phi) is 10.2. The van der Waals surface area contributed by atoms with Crippen LogP contribution >= 0.6 is 0 Å². The van der Waals surface area contributed by atoms with Crippen molar-refractivity contribution in [1.29, 1.82) is 0 Å². The van der Waals surface area contributed by atoms with Gasteiger partial charge < -0.3 is 26.6 Å². The van der Waals surface area contributed by atoms with Crippen molar-refractivity contribution in [3.63, 3.8) is 0 Å². The predicted octanol–water partition coefficient (Wildman–Crippen LogP) is 2.92. The Morgan fingerprint density at radius 1 is 0.615 bits per heavy atom. The van der Waals surface area contributed by atoms with Gasteiger partial charge in [0.2, 0.25) is 17.7 Å². The predicted molar refractivity (Wildman–Crippen MR) is 154 cm³/mol. The highest BCUT2D eigenvalue weighted by molar-refractivity contribution is 5.95. The number of anilines is 3. The summed E-state index contributed by atoms with van der Waals surface area (Å²) in [5.41, 5.74) is 1.09. The summed E-state index contributed by atoms with van der Waals surface area (Å²) in [6.45, 7) is 2.90. The third kappa shape index (κ3) is 8.75. The van der Waals surface area contributed by atoms with Gasteiger partial charge in [-0.1, -0.05) is 54.6 Å². The third-order valence-electron chi connectivity index (χ3n) is 6.65. The van der Waals surface area contributed by atoms with Crippen molar-refractivity contribution in [2.24, 2.45) is 0 Å². The Hall–Kier alpha value is -4.05. The van der Waals surface area contributed by atoms with Crippen molar-refractivity contribution >= 4 is 34.8 Å². The van der Waals surface area contributed by atoms with Gasteiger partial charge in [0.15, 0.2) is 0 Å². The summed E-state index contributed by atoms with van der Waals surface area (Å²) < 4.78 is 0. The van der Waals surface area contributed by atoms with Crippen molar-refractivity contribution in [3.8, 4) is 0 Å². The molecule has 204 valence electrons. The number of hydrogen-bond acceptors (Lipinski definition) is 6. The molecular weight excluding hydrogens is 492 g/mol. The first-order valence-electron chi connectivity index (χ1n) is 13.2. The highest BCUT2D eigenvalue weighted by Gasteiger charge is 2.41. The number of rotatable bonds is 9. The minimum absolute atomic E-state index is 0.0233. The molecule has 39 heavy (non-hydrogen) atoms. The SMILES string of the molecule is O=C(CN1CCNCCNCC1(CC(=O)Nc1ccccc1)CC(=O)Nc1ccccc1)Nc1ccccc1. The molecule has 9 heteroatoms. The fraction of sp³-hybridized carbons (Fsp3) is 0.300. The largest absolute Gasteiger partial charge is 0.326 e. The molecule has 0 atom stereocenters. The molecule has 0 unspecified atom stereocenters. The van der Waals surface area contributed by atoms with E-state index in [0.29, 0.717) is 43.2 Å². The molecule has 3 amide bonds. The van der Waals surface area contributed by atoms with Crippen LogP contribution in [0.4, 0.5) is 17.1 Å². The number of nitrogens with one attached hydrogen (secondary N) is 5. The van der Waals surface area contributed by atoms with Crippen molar-refractivity contribution in [2.45, 2.75) is 18.4 Å². The molecule has 1 fully saturated rings. The van der Waals surface area contributed by atoms with Crippen LogP contribution in [0.1, 0.15) is 12.8 Å². The quantitative estimate of drug-likeness (QED) is 0.292. The van der Waals surface area contributed by atoms with Gasteiger partial charge in [-0.25, -0.2) is 0 Å². The van der Waals surface area contributed by atoms with E-state index in [9.17, 15) is 14.4 Å². The van der Waals surface area contributed by atoms with E-state index in [1.54, 1.807) is 0 Å². The molecule has 0 radical (unpaired) electrons. The van der Waals surface area contributed by atoms with E-state index in [0.717, 1.165) is 6.54 Å². The van der Waals surface area contributed by atoms with Crippen molar-refractivity contribution in [1.82, 2.24) is 15.5 Å². The summed E-state index contributed by atoms with van der Waals surface area (Å²) in [4.78, 5) is 42.0. The lowest BCUT2D eigenvalue weighted by Gasteiger charge is -2.43. The number of hydrogen-bond donors (Lipinski definition) is 5. The van der Waals surface area contributed by atoms with Crippen LogP contribution in [0.5, 0.6) is 0 Å². The van der Waals surface area contributed by atoms with E-state index in [4.69, 9.17) is 0 Å². The molecule has 4 rings (SSSR count). The highest BCUT2D eigenvalue weighted by atomic mass is 16.2. The Bertz CT molecular complexity index is 1150. The first kappa shape index (κ1) is 28.0. The van der Waals surface area contributed by atoms with Crippen LogP contribution in [0, 0.1) is 0 Å². The van der Waals surface area contributed by atoms with E-state index >= 15 is 0 Å². The maximum atomic E-state index is 13.4. The summed E-state index contributed by atoms with van der Waals surface area (Å²) in [6, 6.07) is 27.7. The van der Waals surface area contributed by atoms with E-state index in [1.165, 1.54) is 0 Å². The number of carbonyl (C=O) groups is 3. The zero-order valence-electron chi connectivity index (χ0n) is 22.0. The molecule has 1 heterocycles. The number of carbonyl (C=O) groups excluding carboxylic acids is 3. The summed E-state index contributed by atoms with van der Waals surface area (Å²) in [7, 11) is 0. The van der Waals surface area contributed by atoms with Crippen LogP contribution < -0.4 is 26.6 Å². The van der Waals surface area contributed by atoms with Gasteiger partial charge in [0, 0.05) is 62.6 Å². The topological polar surface area (TPSA) is 115 Å². The average molecular weight is 529 g/mol. The number of amides is 3. The van der Waals surface area contributed by atoms with Gasteiger partial charge in [0.25, 0.3) is 0 Å². The van der Waals surface area contributed by atoms with Gasteiger partial charge in [-0.05, 0) is 36.4 Å². The molecule has 0 aromatic heterocycles. The van der Waals surface area contributed by atoms with Gasteiger partial charge in [-0.2, -0.15) is 0 Å². The number of benzene rings is 3. The van der Waals surface area contributed by atoms with Crippen LogP contribution in [0.15, 0.2) is 91.0 Å². The fourth-order valence-electron chi connectivity index (χ4n) is 4.79. The van der Waals surface area contributed by atoms with Crippen molar-refractivity contribution < 1.29 is 14.4 Å². The molecule has 1 saturated heterocycles. The van der Waals surface area contributed by atoms with Gasteiger partial charge in [0.05, 0.1) is 12.1 Å². The molecular formula is C30H36N6O3. The lowest BCUT2D eigenvalue weighted by molar-refractivity contribution is -0.127. The van der Waals surface area contributed by atoms with Crippen molar-refractivity contribution in [3.05, 3.63) is 91.0 Å².